The van der Waals surface area contributed by atoms with Crippen LogP contribution in [0.1, 0.15) is 37.8 Å². The van der Waals surface area contributed by atoms with Crippen LogP contribution < -0.4 is 10.6 Å². The lowest BCUT2D eigenvalue weighted by Crippen LogP contribution is -2.40. The van der Waals surface area contributed by atoms with Gasteiger partial charge in [0.05, 0.1) is 12.5 Å². The normalized spacial score (nSPS) is 11.8. The highest BCUT2D eigenvalue weighted by atomic mass is 16.4. The molecule has 0 bridgehead atoms. The Balaban J connectivity index is 2.49. The number of carbonyl (C=O) groups excluding carboxylic acids is 2. The van der Waals surface area contributed by atoms with E-state index in [0.29, 0.717) is 5.92 Å². The summed E-state index contributed by atoms with van der Waals surface area (Å²) in [7, 11) is 0. The van der Waals surface area contributed by atoms with Crippen LogP contribution in [0.5, 0.6) is 0 Å². The van der Waals surface area contributed by atoms with Gasteiger partial charge in [0, 0.05) is 0 Å². The molecule has 1 rings (SSSR count). The van der Waals surface area contributed by atoms with Gasteiger partial charge >= 0.3 is 5.97 Å². The van der Waals surface area contributed by atoms with Gasteiger partial charge in [-0.25, -0.2) is 0 Å². The maximum atomic E-state index is 12.0. The number of hydrogen-bond donors (Lipinski definition) is 3. The standard InChI is InChI=1S/C17H24N2O4/c1-11(2)8-13-4-6-14(7-5-13)12(3)17(23)19-9-15(20)18-10-16(21)22/h4-7,11-12H,8-10H2,1-3H3,(H,18,20)(H,19,23)(H,21,22). The molecule has 6 nitrogen and oxygen atoms in total. The number of carbonyl (C=O) groups is 3. The number of benzene rings is 1. The van der Waals surface area contributed by atoms with E-state index in [1.165, 1.54) is 5.56 Å². The molecule has 0 heterocycles. The molecule has 0 aromatic heterocycles. The highest BCUT2D eigenvalue weighted by Crippen LogP contribution is 2.17. The molecule has 6 heteroatoms. The third-order valence-electron chi connectivity index (χ3n) is 3.38. The van der Waals surface area contributed by atoms with Gasteiger partial charge in [-0.3, -0.25) is 14.4 Å². The van der Waals surface area contributed by atoms with Crippen LogP contribution in [0.15, 0.2) is 24.3 Å². The Hall–Kier alpha value is -2.37. The monoisotopic (exact) mass is 320 g/mol. The SMILES string of the molecule is CC(C)Cc1ccc(C(C)C(=O)NCC(=O)NCC(=O)O)cc1. The van der Waals surface area contributed by atoms with Crippen LogP contribution in [-0.2, 0) is 20.8 Å². The molecule has 0 radical (unpaired) electrons. The molecule has 126 valence electrons. The van der Waals surface area contributed by atoms with E-state index in [1.807, 2.05) is 24.3 Å². The van der Waals surface area contributed by atoms with Gasteiger partial charge in [-0.2, -0.15) is 0 Å². The zero-order valence-electron chi connectivity index (χ0n) is 13.8. The van der Waals surface area contributed by atoms with Crippen LogP contribution in [0.25, 0.3) is 0 Å². The summed E-state index contributed by atoms with van der Waals surface area (Å²) >= 11 is 0. The molecule has 0 fully saturated rings. The number of nitrogens with one attached hydrogen (secondary N) is 2. The van der Waals surface area contributed by atoms with Crippen molar-refractivity contribution in [3.8, 4) is 0 Å². The topological polar surface area (TPSA) is 95.5 Å². The predicted octanol–water partition coefficient (Wildman–Crippen LogP) is 1.31. The number of aliphatic carboxylic acids is 1. The Kier molecular flexibility index (Phi) is 7.25. The first-order valence-electron chi connectivity index (χ1n) is 7.64. The summed E-state index contributed by atoms with van der Waals surface area (Å²) in [6, 6.07) is 7.87. The molecule has 1 unspecified atom stereocenters. The van der Waals surface area contributed by atoms with Crippen molar-refractivity contribution in [3.05, 3.63) is 35.4 Å². The van der Waals surface area contributed by atoms with Crippen LogP contribution >= 0.6 is 0 Å². The lowest BCUT2D eigenvalue weighted by molar-refractivity contribution is -0.137. The van der Waals surface area contributed by atoms with Crippen LogP contribution in [0.4, 0.5) is 0 Å². The molecule has 3 N–H and O–H groups in total. The fraction of sp³-hybridized carbons (Fsp3) is 0.471. The summed E-state index contributed by atoms with van der Waals surface area (Å²) in [4.78, 5) is 33.7. The number of amides is 2. The average molecular weight is 320 g/mol. The molecule has 1 aromatic carbocycles. The first-order chi connectivity index (χ1) is 10.8. The fourth-order valence-electron chi connectivity index (χ4n) is 2.12. The number of rotatable bonds is 8. The molecular weight excluding hydrogens is 296 g/mol. The van der Waals surface area contributed by atoms with E-state index in [9.17, 15) is 14.4 Å². The largest absolute Gasteiger partial charge is 0.480 e. The van der Waals surface area contributed by atoms with Crippen molar-refractivity contribution in [2.45, 2.75) is 33.1 Å². The van der Waals surface area contributed by atoms with Crippen LogP contribution in [0.3, 0.4) is 0 Å². The second kappa shape index (κ2) is 8.92. The summed E-state index contributed by atoms with van der Waals surface area (Å²) in [5, 5.41) is 13.1. The molecule has 0 saturated heterocycles. The Morgan fingerprint density at radius 2 is 1.61 bits per heavy atom. The zero-order chi connectivity index (χ0) is 17.4. The minimum Gasteiger partial charge on any atom is -0.480 e. The molecule has 0 saturated carbocycles. The summed E-state index contributed by atoms with van der Waals surface area (Å²) in [5.74, 6) is -1.73. The number of carboxylic acids is 1. The van der Waals surface area contributed by atoms with E-state index < -0.39 is 18.4 Å². The molecule has 0 spiro atoms. The third kappa shape index (κ3) is 6.95. The van der Waals surface area contributed by atoms with E-state index in [0.717, 1.165) is 12.0 Å². The lowest BCUT2D eigenvalue weighted by atomic mass is 9.96. The molecular formula is C17H24N2O4. The highest BCUT2D eigenvalue weighted by Gasteiger charge is 2.16. The lowest BCUT2D eigenvalue weighted by Gasteiger charge is -2.13. The van der Waals surface area contributed by atoms with Gasteiger partial charge in [0.1, 0.15) is 6.54 Å². The molecule has 0 aliphatic carbocycles. The average Bonchev–Trinajstić information content (AvgIpc) is 2.50. The Morgan fingerprint density at radius 3 is 2.13 bits per heavy atom. The van der Waals surface area contributed by atoms with Crippen molar-refractivity contribution < 1.29 is 19.5 Å². The molecule has 0 aliphatic heterocycles. The van der Waals surface area contributed by atoms with Gasteiger partial charge < -0.3 is 15.7 Å². The minimum atomic E-state index is -1.13. The van der Waals surface area contributed by atoms with E-state index in [1.54, 1.807) is 6.92 Å². The first-order valence-corrected chi connectivity index (χ1v) is 7.64. The third-order valence-corrected chi connectivity index (χ3v) is 3.38. The molecule has 1 atom stereocenters. The van der Waals surface area contributed by atoms with Gasteiger partial charge in [-0.15, -0.1) is 0 Å². The van der Waals surface area contributed by atoms with Crippen molar-refractivity contribution in [2.75, 3.05) is 13.1 Å². The summed E-state index contributed by atoms with van der Waals surface area (Å²) in [6.45, 7) is 5.38. The number of carboxylic acid groups (broad SMARTS) is 1. The zero-order valence-corrected chi connectivity index (χ0v) is 13.8. The maximum absolute atomic E-state index is 12.0. The molecule has 1 aromatic rings. The number of hydrogen-bond acceptors (Lipinski definition) is 3. The summed E-state index contributed by atoms with van der Waals surface area (Å²) in [5.41, 5.74) is 2.10. The van der Waals surface area contributed by atoms with E-state index in [4.69, 9.17) is 5.11 Å². The van der Waals surface area contributed by atoms with Gasteiger partial charge in [0.2, 0.25) is 11.8 Å². The van der Waals surface area contributed by atoms with Crippen molar-refractivity contribution in [3.63, 3.8) is 0 Å². The first kappa shape index (κ1) is 18.7. The molecule has 0 aliphatic rings. The predicted molar refractivity (Wildman–Crippen MR) is 87.1 cm³/mol. The van der Waals surface area contributed by atoms with E-state index in [2.05, 4.69) is 24.5 Å². The second-order valence-electron chi connectivity index (χ2n) is 5.95. The van der Waals surface area contributed by atoms with Crippen molar-refractivity contribution in [1.82, 2.24) is 10.6 Å². The van der Waals surface area contributed by atoms with Crippen molar-refractivity contribution >= 4 is 17.8 Å². The van der Waals surface area contributed by atoms with Crippen molar-refractivity contribution in [2.24, 2.45) is 5.92 Å². The Labute approximate surface area is 136 Å². The summed E-state index contributed by atoms with van der Waals surface area (Å²) < 4.78 is 0. The maximum Gasteiger partial charge on any atom is 0.322 e. The minimum absolute atomic E-state index is 0.234. The quantitative estimate of drug-likeness (QED) is 0.673. The van der Waals surface area contributed by atoms with Gasteiger partial charge in [0.15, 0.2) is 0 Å². The fourth-order valence-corrected chi connectivity index (χ4v) is 2.12. The van der Waals surface area contributed by atoms with Crippen molar-refractivity contribution in [1.29, 1.82) is 0 Å². The van der Waals surface area contributed by atoms with Crippen LogP contribution in [0.2, 0.25) is 0 Å². The van der Waals surface area contributed by atoms with Gasteiger partial charge in [-0.1, -0.05) is 38.1 Å². The van der Waals surface area contributed by atoms with Gasteiger partial charge in [0.25, 0.3) is 0 Å². The van der Waals surface area contributed by atoms with E-state index >= 15 is 0 Å². The van der Waals surface area contributed by atoms with Gasteiger partial charge in [-0.05, 0) is 30.4 Å². The molecule has 23 heavy (non-hydrogen) atoms. The molecule has 2 amide bonds. The Morgan fingerprint density at radius 1 is 1.00 bits per heavy atom. The van der Waals surface area contributed by atoms with Crippen LogP contribution in [-0.4, -0.2) is 36.0 Å². The van der Waals surface area contributed by atoms with Crippen LogP contribution in [0, 0.1) is 5.92 Å². The van der Waals surface area contributed by atoms with E-state index in [-0.39, 0.29) is 18.4 Å². The second-order valence-corrected chi connectivity index (χ2v) is 5.95. The highest BCUT2D eigenvalue weighted by molar-refractivity contribution is 5.89. The summed E-state index contributed by atoms with van der Waals surface area (Å²) in [6.07, 6.45) is 0.991. The smallest absolute Gasteiger partial charge is 0.322 e. The Bertz CT molecular complexity index is 552.